The maximum Gasteiger partial charge on any atom is 0.0988 e. The van der Waals surface area contributed by atoms with Crippen LogP contribution in [-0.2, 0) is 11.8 Å². The molecule has 0 unspecified atom stereocenters. The number of thiazole rings is 1. The number of hydrogen-bond acceptors (Lipinski definition) is 3. The smallest absolute Gasteiger partial charge is 0.0988 e. The van der Waals surface area contributed by atoms with E-state index in [0.717, 1.165) is 12.1 Å². The van der Waals surface area contributed by atoms with Gasteiger partial charge >= 0.3 is 0 Å². The van der Waals surface area contributed by atoms with Gasteiger partial charge in [-0.15, -0.1) is 11.3 Å². The lowest BCUT2D eigenvalue weighted by atomic mass is 9.98. The lowest BCUT2D eigenvalue weighted by Crippen LogP contribution is -2.10. The molecule has 0 atom stereocenters. The largest absolute Gasteiger partial charge is 0.330 e. The molecular weight excluding hydrogens is 240 g/mol. The van der Waals surface area contributed by atoms with Crippen LogP contribution in [0.25, 0.3) is 11.3 Å². The number of nitrogens with two attached hydrogens (primary N) is 1. The van der Waals surface area contributed by atoms with E-state index in [2.05, 4.69) is 45.0 Å². The van der Waals surface area contributed by atoms with Crippen molar-refractivity contribution in [2.45, 2.75) is 32.6 Å². The summed E-state index contributed by atoms with van der Waals surface area (Å²) in [5.74, 6) is 0. The van der Waals surface area contributed by atoms with Crippen molar-refractivity contribution in [1.82, 2.24) is 4.98 Å². The van der Waals surface area contributed by atoms with E-state index in [1.165, 1.54) is 15.4 Å². The fourth-order valence-corrected chi connectivity index (χ4v) is 2.95. The van der Waals surface area contributed by atoms with Gasteiger partial charge in [-0.1, -0.05) is 51.1 Å². The summed E-state index contributed by atoms with van der Waals surface area (Å²) in [5.41, 5.74) is 8.10. The average molecular weight is 260 g/mol. The summed E-state index contributed by atoms with van der Waals surface area (Å²) >= 11 is 1.79. The molecule has 2 nitrogen and oxygen atoms in total. The number of hydrogen-bond donors (Lipinski definition) is 1. The van der Waals surface area contributed by atoms with Crippen LogP contribution in [0.5, 0.6) is 0 Å². The zero-order valence-electron chi connectivity index (χ0n) is 11.2. The van der Waals surface area contributed by atoms with Gasteiger partial charge in [0.25, 0.3) is 0 Å². The van der Waals surface area contributed by atoms with Crippen molar-refractivity contribution in [2.75, 3.05) is 6.54 Å². The van der Waals surface area contributed by atoms with Crippen LogP contribution in [0.4, 0.5) is 0 Å². The van der Waals surface area contributed by atoms with E-state index in [-0.39, 0.29) is 5.41 Å². The molecule has 2 rings (SSSR count). The van der Waals surface area contributed by atoms with Gasteiger partial charge < -0.3 is 5.73 Å². The molecule has 0 aliphatic carbocycles. The molecular formula is C15H20N2S. The standard InChI is InChI=1S/C15H20N2S/c1-15(2,3)14-17-13(12(18-14)9-10-16)11-7-5-4-6-8-11/h4-8H,9-10,16H2,1-3H3. The third kappa shape index (κ3) is 2.79. The highest BCUT2D eigenvalue weighted by Gasteiger charge is 2.21. The molecule has 0 spiro atoms. The molecule has 0 radical (unpaired) electrons. The minimum atomic E-state index is 0.0983. The summed E-state index contributed by atoms with van der Waals surface area (Å²) in [7, 11) is 0. The minimum Gasteiger partial charge on any atom is -0.330 e. The van der Waals surface area contributed by atoms with E-state index >= 15 is 0 Å². The second-order valence-electron chi connectivity index (χ2n) is 5.45. The Morgan fingerprint density at radius 1 is 1.17 bits per heavy atom. The Bertz CT molecular complexity index is 509. The molecule has 0 fully saturated rings. The van der Waals surface area contributed by atoms with Crippen LogP contribution < -0.4 is 5.73 Å². The van der Waals surface area contributed by atoms with Crippen molar-refractivity contribution in [3.8, 4) is 11.3 Å². The summed E-state index contributed by atoms with van der Waals surface area (Å²) < 4.78 is 0. The van der Waals surface area contributed by atoms with E-state index in [4.69, 9.17) is 10.7 Å². The first kappa shape index (κ1) is 13.2. The highest BCUT2D eigenvalue weighted by atomic mass is 32.1. The van der Waals surface area contributed by atoms with Crippen molar-refractivity contribution in [3.05, 3.63) is 40.2 Å². The van der Waals surface area contributed by atoms with Crippen LogP contribution in [0, 0.1) is 0 Å². The predicted molar refractivity (Wildman–Crippen MR) is 79.0 cm³/mol. The Morgan fingerprint density at radius 2 is 1.83 bits per heavy atom. The second-order valence-corrected chi connectivity index (χ2v) is 6.53. The topological polar surface area (TPSA) is 38.9 Å². The van der Waals surface area contributed by atoms with Crippen molar-refractivity contribution >= 4 is 11.3 Å². The quantitative estimate of drug-likeness (QED) is 0.915. The Hall–Kier alpha value is -1.19. The Kier molecular flexibility index (Phi) is 3.83. The molecule has 3 heteroatoms. The van der Waals surface area contributed by atoms with Gasteiger partial charge in [-0.3, -0.25) is 0 Å². The Morgan fingerprint density at radius 3 is 2.39 bits per heavy atom. The highest BCUT2D eigenvalue weighted by molar-refractivity contribution is 7.12. The van der Waals surface area contributed by atoms with Gasteiger partial charge in [0.2, 0.25) is 0 Å². The fraction of sp³-hybridized carbons (Fsp3) is 0.400. The van der Waals surface area contributed by atoms with Crippen LogP contribution in [0.1, 0.15) is 30.7 Å². The van der Waals surface area contributed by atoms with E-state index in [9.17, 15) is 0 Å². The zero-order valence-corrected chi connectivity index (χ0v) is 12.1. The fourth-order valence-electron chi connectivity index (χ4n) is 1.79. The monoisotopic (exact) mass is 260 g/mol. The third-order valence-electron chi connectivity index (χ3n) is 2.76. The molecule has 0 aliphatic heterocycles. The first-order valence-electron chi connectivity index (χ1n) is 6.28. The first-order valence-corrected chi connectivity index (χ1v) is 7.09. The van der Waals surface area contributed by atoms with Gasteiger partial charge in [-0.25, -0.2) is 4.98 Å². The summed E-state index contributed by atoms with van der Waals surface area (Å²) in [6.07, 6.45) is 0.901. The predicted octanol–water partition coefficient (Wildman–Crippen LogP) is 3.61. The van der Waals surface area contributed by atoms with Gasteiger partial charge in [0.15, 0.2) is 0 Å². The molecule has 0 amide bonds. The second kappa shape index (κ2) is 5.21. The van der Waals surface area contributed by atoms with E-state index in [1.807, 2.05) is 6.07 Å². The van der Waals surface area contributed by atoms with Gasteiger partial charge in [0.05, 0.1) is 10.7 Å². The number of aromatic nitrogens is 1. The number of nitrogens with zero attached hydrogens (tertiary/aromatic N) is 1. The van der Waals surface area contributed by atoms with Crippen molar-refractivity contribution in [1.29, 1.82) is 0 Å². The zero-order chi connectivity index (χ0) is 13.2. The van der Waals surface area contributed by atoms with Gasteiger partial charge in [0.1, 0.15) is 0 Å². The van der Waals surface area contributed by atoms with E-state index in [0.29, 0.717) is 6.54 Å². The lowest BCUT2D eigenvalue weighted by molar-refractivity contribution is 0.586. The molecule has 96 valence electrons. The summed E-state index contributed by atoms with van der Waals surface area (Å²) in [4.78, 5) is 6.13. The van der Waals surface area contributed by atoms with Crippen molar-refractivity contribution in [3.63, 3.8) is 0 Å². The molecule has 1 heterocycles. The summed E-state index contributed by atoms with van der Waals surface area (Å²) in [5, 5.41) is 1.19. The third-order valence-corrected chi connectivity index (χ3v) is 4.30. The number of rotatable bonds is 3. The molecule has 0 aliphatic rings. The highest BCUT2D eigenvalue weighted by Crippen LogP contribution is 2.34. The van der Waals surface area contributed by atoms with Crippen LogP contribution in [0.2, 0.25) is 0 Å². The lowest BCUT2D eigenvalue weighted by Gasteiger charge is -2.13. The minimum absolute atomic E-state index is 0.0983. The molecule has 1 aromatic heterocycles. The first-order chi connectivity index (χ1) is 8.52. The molecule has 0 saturated carbocycles. The molecule has 18 heavy (non-hydrogen) atoms. The Labute approximate surface area is 113 Å². The molecule has 2 N–H and O–H groups in total. The average Bonchev–Trinajstić information content (AvgIpc) is 2.75. The van der Waals surface area contributed by atoms with Gasteiger partial charge in [0, 0.05) is 15.9 Å². The Balaban J connectivity index is 2.49. The van der Waals surface area contributed by atoms with E-state index in [1.54, 1.807) is 11.3 Å². The van der Waals surface area contributed by atoms with Gasteiger partial charge in [-0.2, -0.15) is 0 Å². The normalized spacial score (nSPS) is 11.8. The summed E-state index contributed by atoms with van der Waals surface area (Å²) in [6, 6.07) is 10.4. The van der Waals surface area contributed by atoms with Crippen LogP contribution in [0.15, 0.2) is 30.3 Å². The van der Waals surface area contributed by atoms with Crippen molar-refractivity contribution in [2.24, 2.45) is 5.73 Å². The SMILES string of the molecule is CC(C)(C)c1nc(-c2ccccc2)c(CCN)s1. The van der Waals surface area contributed by atoms with E-state index < -0.39 is 0 Å². The van der Waals surface area contributed by atoms with Crippen LogP contribution in [-0.4, -0.2) is 11.5 Å². The van der Waals surface area contributed by atoms with Crippen LogP contribution >= 0.6 is 11.3 Å². The molecule has 0 bridgehead atoms. The van der Waals surface area contributed by atoms with Crippen LogP contribution in [0.3, 0.4) is 0 Å². The van der Waals surface area contributed by atoms with Gasteiger partial charge in [-0.05, 0) is 13.0 Å². The number of benzene rings is 1. The maximum atomic E-state index is 5.70. The maximum absolute atomic E-state index is 5.70. The molecule has 0 saturated heterocycles. The summed E-state index contributed by atoms with van der Waals surface area (Å²) in [6.45, 7) is 7.28. The van der Waals surface area contributed by atoms with Crippen molar-refractivity contribution < 1.29 is 0 Å². The molecule has 2 aromatic rings. The molecule has 1 aromatic carbocycles.